The fourth-order valence-corrected chi connectivity index (χ4v) is 4.11. The molecule has 1 aromatic carbocycles. The lowest BCUT2D eigenvalue weighted by molar-refractivity contribution is -0.128. The van der Waals surface area contributed by atoms with Gasteiger partial charge in [0.05, 0.1) is 43.7 Å². The highest BCUT2D eigenvalue weighted by Crippen LogP contribution is 2.37. The zero-order valence-electron chi connectivity index (χ0n) is 15.1. The minimum atomic E-state index is -0.0444. The molecule has 3 unspecified atom stereocenters. The predicted octanol–water partition coefficient (Wildman–Crippen LogP) is 2.51. The van der Waals surface area contributed by atoms with Crippen LogP contribution in [-0.2, 0) is 19.0 Å². The molecule has 4 rings (SSSR count). The molecule has 3 atom stereocenters. The summed E-state index contributed by atoms with van der Waals surface area (Å²) in [5, 5.41) is 0. The van der Waals surface area contributed by atoms with Crippen molar-refractivity contribution in [2.75, 3.05) is 39.5 Å². The van der Waals surface area contributed by atoms with Gasteiger partial charge in [0.2, 0.25) is 0 Å². The number of carbonyl (C=O) groups excluding carboxylic acids is 1. The normalized spacial score (nSPS) is 29.6. The monoisotopic (exact) mass is 357 g/mol. The summed E-state index contributed by atoms with van der Waals surface area (Å²) < 4.78 is 17.4. The van der Waals surface area contributed by atoms with E-state index in [1.54, 1.807) is 6.26 Å². The van der Waals surface area contributed by atoms with E-state index in [4.69, 9.17) is 14.2 Å². The number of benzene rings is 1. The van der Waals surface area contributed by atoms with E-state index >= 15 is 0 Å². The number of nitrogens with zero attached hydrogens (tertiary/aromatic N) is 1. The van der Waals surface area contributed by atoms with Crippen LogP contribution in [0.25, 0.3) is 5.57 Å². The van der Waals surface area contributed by atoms with E-state index in [-0.39, 0.29) is 23.9 Å². The molecular weight excluding hydrogens is 330 g/mol. The summed E-state index contributed by atoms with van der Waals surface area (Å²) in [5.41, 5.74) is 1.65. The highest BCUT2D eigenvalue weighted by molar-refractivity contribution is 6.22. The molecule has 0 radical (unpaired) electrons. The van der Waals surface area contributed by atoms with Crippen molar-refractivity contribution in [3.05, 3.63) is 42.2 Å². The number of rotatable bonds is 5. The van der Waals surface area contributed by atoms with E-state index in [1.807, 2.05) is 30.3 Å². The first-order chi connectivity index (χ1) is 12.8. The van der Waals surface area contributed by atoms with Crippen molar-refractivity contribution in [3.63, 3.8) is 0 Å². The Labute approximate surface area is 154 Å². The molecule has 5 nitrogen and oxygen atoms in total. The smallest absolute Gasteiger partial charge is 0.173 e. The van der Waals surface area contributed by atoms with Gasteiger partial charge in [0.25, 0.3) is 0 Å². The third-order valence-electron chi connectivity index (χ3n) is 5.66. The molecule has 0 N–H and O–H groups in total. The lowest BCUT2D eigenvalue weighted by Gasteiger charge is -2.37. The Morgan fingerprint density at radius 3 is 2.73 bits per heavy atom. The van der Waals surface area contributed by atoms with E-state index in [1.165, 1.54) is 0 Å². The highest BCUT2D eigenvalue weighted by atomic mass is 16.5. The Hall–Kier alpha value is -1.69. The van der Waals surface area contributed by atoms with Gasteiger partial charge < -0.3 is 14.2 Å². The number of fused-ring (bicyclic) bond motifs is 1. The Morgan fingerprint density at radius 2 is 1.92 bits per heavy atom. The maximum Gasteiger partial charge on any atom is 0.173 e. The molecule has 1 aromatic rings. The van der Waals surface area contributed by atoms with Crippen molar-refractivity contribution in [2.24, 2.45) is 5.92 Å². The summed E-state index contributed by atoms with van der Waals surface area (Å²) in [6.45, 7) is 5.30. The number of hydrogen-bond acceptors (Lipinski definition) is 5. The molecule has 1 saturated carbocycles. The maximum atomic E-state index is 12.9. The number of carbonyl (C=O) groups is 1. The van der Waals surface area contributed by atoms with Crippen LogP contribution in [0.2, 0.25) is 0 Å². The van der Waals surface area contributed by atoms with E-state index in [0.717, 1.165) is 64.3 Å². The second-order valence-corrected chi connectivity index (χ2v) is 7.30. The Morgan fingerprint density at radius 1 is 1.12 bits per heavy atom. The second kappa shape index (κ2) is 8.33. The summed E-state index contributed by atoms with van der Waals surface area (Å²) in [6, 6.07) is 9.80. The summed E-state index contributed by atoms with van der Waals surface area (Å²) >= 11 is 0. The van der Waals surface area contributed by atoms with Gasteiger partial charge in [-0.05, 0) is 18.4 Å². The average molecular weight is 357 g/mol. The summed E-state index contributed by atoms with van der Waals surface area (Å²) in [4.78, 5) is 15.3. The molecule has 0 aromatic heterocycles. The summed E-state index contributed by atoms with van der Waals surface area (Å²) in [5.74, 6) is 0.188. The van der Waals surface area contributed by atoms with Crippen molar-refractivity contribution >= 4 is 11.4 Å². The second-order valence-electron chi connectivity index (χ2n) is 7.30. The number of morpholine rings is 1. The first-order valence-corrected chi connectivity index (χ1v) is 9.68. The molecule has 1 saturated heterocycles. The van der Waals surface area contributed by atoms with Crippen LogP contribution in [0.3, 0.4) is 0 Å². The predicted molar refractivity (Wildman–Crippen MR) is 98.6 cm³/mol. The van der Waals surface area contributed by atoms with Crippen molar-refractivity contribution in [1.29, 1.82) is 0 Å². The first kappa shape index (κ1) is 17.7. The standard InChI is InChI=1S/C21H27NO4/c23-21-18-7-6-17(25-13-10-22-8-11-24-12-9-22)14-20(18)26-15-19(21)16-4-2-1-3-5-16/h1-5,15,17-18,20H,6-14H2. The number of allylic oxidation sites excluding steroid dienone is 1. The fraction of sp³-hybridized carbons (Fsp3) is 0.571. The van der Waals surface area contributed by atoms with Crippen LogP contribution in [-0.4, -0.2) is 62.3 Å². The van der Waals surface area contributed by atoms with Gasteiger partial charge in [-0.15, -0.1) is 0 Å². The van der Waals surface area contributed by atoms with Crippen molar-refractivity contribution in [2.45, 2.75) is 31.5 Å². The van der Waals surface area contributed by atoms with Crippen LogP contribution in [0.4, 0.5) is 0 Å². The highest BCUT2D eigenvalue weighted by Gasteiger charge is 2.40. The zero-order valence-corrected chi connectivity index (χ0v) is 15.1. The molecular formula is C21H27NO4. The topological polar surface area (TPSA) is 48.0 Å². The Kier molecular flexibility index (Phi) is 5.68. The van der Waals surface area contributed by atoms with Gasteiger partial charge >= 0.3 is 0 Å². The number of Topliss-reactive ketones (excluding diaryl/α,β-unsaturated/α-hetero) is 1. The lowest BCUT2D eigenvalue weighted by atomic mass is 9.78. The number of ether oxygens (including phenoxy) is 3. The molecule has 0 spiro atoms. The number of ketones is 1. The third kappa shape index (κ3) is 4.00. The molecule has 2 heterocycles. The molecule has 2 fully saturated rings. The maximum absolute atomic E-state index is 12.9. The van der Waals surface area contributed by atoms with Crippen molar-refractivity contribution in [3.8, 4) is 0 Å². The molecule has 140 valence electrons. The van der Waals surface area contributed by atoms with Crippen molar-refractivity contribution in [1.82, 2.24) is 4.90 Å². The zero-order chi connectivity index (χ0) is 17.8. The van der Waals surface area contributed by atoms with Gasteiger partial charge in [0.15, 0.2) is 5.78 Å². The average Bonchev–Trinajstić information content (AvgIpc) is 2.70. The molecule has 3 aliphatic rings. The van der Waals surface area contributed by atoms with E-state index in [9.17, 15) is 4.79 Å². The quantitative estimate of drug-likeness (QED) is 0.810. The molecule has 0 amide bonds. The minimum absolute atomic E-state index is 0.0331. The van der Waals surface area contributed by atoms with E-state index in [0.29, 0.717) is 5.57 Å². The SMILES string of the molecule is O=C1C(c2ccccc2)=COC2CC(OCCN3CCOCC3)CCC12. The largest absolute Gasteiger partial charge is 0.496 e. The van der Waals surface area contributed by atoms with Gasteiger partial charge in [-0.1, -0.05) is 30.3 Å². The van der Waals surface area contributed by atoms with Crippen LogP contribution in [0.15, 0.2) is 36.6 Å². The van der Waals surface area contributed by atoms with Gasteiger partial charge in [0.1, 0.15) is 6.10 Å². The Bertz CT molecular complexity index is 639. The van der Waals surface area contributed by atoms with Crippen LogP contribution in [0.5, 0.6) is 0 Å². The van der Waals surface area contributed by atoms with Gasteiger partial charge in [-0.3, -0.25) is 9.69 Å². The van der Waals surface area contributed by atoms with E-state index in [2.05, 4.69) is 4.90 Å². The van der Waals surface area contributed by atoms with Crippen molar-refractivity contribution < 1.29 is 19.0 Å². The lowest BCUT2D eigenvalue weighted by Crippen LogP contribution is -2.42. The summed E-state index contributed by atoms with van der Waals surface area (Å²) in [6.07, 6.45) is 4.39. The van der Waals surface area contributed by atoms with Crippen LogP contribution in [0.1, 0.15) is 24.8 Å². The van der Waals surface area contributed by atoms with Gasteiger partial charge in [-0.25, -0.2) is 0 Å². The van der Waals surface area contributed by atoms with E-state index < -0.39 is 0 Å². The number of hydrogen-bond donors (Lipinski definition) is 0. The minimum Gasteiger partial charge on any atom is -0.496 e. The van der Waals surface area contributed by atoms with Gasteiger partial charge in [-0.2, -0.15) is 0 Å². The van der Waals surface area contributed by atoms with Crippen LogP contribution < -0.4 is 0 Å². The molecule has 0 bridgehead atoms. The molecule has 1 aliphatic carbocycles. The van der Waals surface area contributed by atoms with Crippen LogP contribution >= 0.6 is 0 Å². The van der Waals surface area contributed by atoms with Gasteiger partial charge in [0, 0.05) is 26.1 Å². The summed E-state index contributed by atoms with van der Waals surface area (Å²) in [7, 11) is 0. The Balaban J connectivity index is 1.29. The first-order valence-electron chi connectivity index (χ1n) is 9.68. The van der Waals surface area contributed by atoms with Crippen LogP contribution in [0, 0.1) is 5.92 Å². The molecule has 5 heteroatoms. The molecule has 2 aliphatic heterocycles. The third-order valence-corrected chi connectivity index (χ3v) is 5.66. The molecule has 26 heavy (non-hydrogen) atoms. The fourth-order valence-electron chi connectivity index (χ4n) is 4.11.